The summed E-state index contributed by atoms with van der Waals surface area (Å²) in [6.45, 7) is 12.9. The van der Waals surface area contributed by atoms with Gasteiger partial charge in [-0.05, 0) is 117 Å². The van der Waals surface area contributed by atoms with E-state index in [2.05, 4.69) is 32.7 Å². The number of hydrogen-bond acceptors (Lipinski definition) is 2. The van der Waals surface area contributed by atoms with E-state index in [1.54, 1.807) is 0 Å². The third-order valence-corrected chi connectivity index (χ3v) is 10.8. The van der Waals surface area contributed by atoms with Crippen LogP contribution in [0.15, 0.2) is 12.5 Å². The lowest BCUT2D eigenvalue weighted by atomic mass is 9.43. The quantitative estimate of drug-likeness (QED) is 0.490. The van der Waals surface area contributed by atoms with Crippen molar-refractivity contribution in [3.05, 3.63) is 12.5 Å². The third-order valence-electron chi connectivity index (χ3n) is 10.8. The molecule has 0 aromatic carbocycles. The normalized spacial score (nSPS) is 48.9. The zero-order valence-electron chi connectivity index (χ0n) is 19.3. The van der Waals surface area contributed by atoms with Crippen molar-refractivity contribution < 1.29 is 4.74 Å². The average Bonchev–Trinajstić information content (AvgIpc) is 3.43. The Morgan fingerprint density at radius 2 is 1.72 bits per heavy atom. The van der Waals surface area contributed by atoms with Crippen molar-refractivity contribution in [3.8, 4) is 0 Å². The molecule has 5 saturated carbocycles. The fourth-order valence-electron chi connectivity index (χ4n) is 9.21. The molecule has 0 spiro atoms. The van der Waals surface area contributed by atoms with Crippen molar-refractivity contribution >= 4 is 0 Å². The molecule has 29 heavy (non-hydrogen) atoms. The Kier molecular flexibility index (Phi) is 5.23. The zero-order valence-corrected chi connectivity index (χ0v) is 19.3. The highest BCUT2D eigenvalue weighted by Gasteiger charge is 2.60. The lowest BCUT2D eigenvalue weighted by molar-refractivity contribution is -0.132. The van der Waals surface area contributed by atoms with Crippen molar-refractivity contribution in [2.24, 2.45) is 46.3 Å². The summed E-state index contributed by atoms with van der Waals surface area (Å²) in [6, 6.07) is 0.643. The van der Waals surface area contributed by atoms with Gasteiger partial charge in [-0.15, -0.1) is 0 Å². The number of rotatable bonds is 6. The molecular formula is C27H45NO. The van der Waals surface area contributed by atoms with Gasteiger partial charge in [-0.2, -0.15) is 0 Å². The van der Waals surface area contributed by atoms with Gasteiger partial charge in [-0.1, -0.05) is 33.6 Å². The number of ether oxygens (including phenoxy) is 1. The molecule has 0 aliphatic heterocycles. The van der Waals surface area contributed by atoms with Gasteiger partial charge in [0.2, 0.25) is 0 Å². The van der Waals surface area contributed by atoms with Crippen LogP contribution in [0, 0.1) is 46.3 Å². The van der Waals surface area contributed by atoms with Crippen molar-refractivity contribution in [3.63, 3.8) is 0 Å². The largest absolute Gasteiger partial charge is 0.480 e. The first-order valence-corrected chi connectivity index (χ1v) is 13.0. The summed E-state index contributed by atoms with van der Waals surface area (Å²) < 4.78 is 5.98. The summed E-state index contributed by atoms with van der Waals surface area (Å²) in [5, 5.41) is 3.40. The topological polar surface area (TPSA) is 21.3 Å². The summed E-state index contributed by atoms with van der Waals surface area (Å²) in [5.41, 5.74) is 1.21. The molecule has 164 valence electrons. The van der Waals surface area contributed by atoms with Crippen LogP contribution in [0.25, 0.3) is 0 Å². The SMILES string of the molecule is C=C(NC1CC1)OCCC1CCC2C3C[C@H](C)C4CCCCC4(C)[C@H]3CCC12C. The Hall–Kier alpha value is -0.660. The van der Waals surface area contributed by atoms with Crippen LogP contribution in [0.1, 0.15) is 97.8 Å². The van der Waals surface area contributed by atoms with E-state index in [1.165, 1.54) is 77.0 Å². The minimum absolute atomic E-state index is 0.563. The zero-order chi connectivity index (χ0) is 20.2. The molecule has 5 aliphatic rings. The highest BCUT2D eigenvalue weighted by molar-refractivity contribution is 5.09. The van der Waals surface area contributed by atoms with Crippen LogP contribution < -0.4 is 5.32 Å². The highest BCUT2D eigenvalue weighted by atomic mass is 16.5. The molecule has 0 saturated heterocycles. The monoisotopic (exact) mass is 399 g/mol. The van der Waals surface area contributed by atoms with Gasteiger partial charge in [0, 0.05) is 6.04 Å². The minimum Gasteiger partial charge on any atom is -0.480 e. The summed E-state index contributed by atoms with van der Waals surface area (Å²) in [4.78, 5) is 0. The van der Waals surface area contributed by atoms with Crippen LogP contribution in [-0.4, -0.2) is 12.6 Å². The van der Waals surface area contributed by atoms with Gasteiger partial charge in [0.05, 0.1) is 6.61 Å². The van der Waals surface area contributed by atoms with Gasteiger partial charge in [0.15, 0.2) is 5.88 Å². The van der Waals surface area contributed by atoms with Crippen molar-refractivity contribution in [1.29, 1.82) is 0 Å². The predicted octanol–water partition coefficient (Wildman–Crippen LogP) is 6.91. The molecule has 8 atom stereocenters. The second-order valence-corrected chi connectivity index (χ2v) is 12.2. The molecule has 2 heteroatoms. The lowest BCUT2D eigenvalue weighted by Gasteiger charge is -2.62. The molecule has 0 aromatic heterocycles. The van der Waals surface area contributed by atoms with E-state index in [4.69, 9.17) is 4.74 Å². The van der Waals surface area contributed by atoms with E-state index in [1.807, 2.05) is 0 Å². The molecule has 2 nitrogen and oxygen atoms in total. The van der Waals surface area contributed by atoms with Crippen molar-refractivity contribution in [1.82, 2.24) is 5.32 Å². The maximum Gasteiger partial charge on any atom is 0.179 e. The Balaban J connectivity index is 1.24. The van der Waals surface area contributed by atoms with E-state index >= 15 is 0 Å². The fourth-order valence-corrected chi connectivity index (χ4v) is 9.21. The maximum atomic E-state index is 5.98. The highest BCUT2D eigenvalue weighted by Crippen LogP contribution is 2.68. The van der Waals surface area contributed by atoms with Crippen molar-refractivity contribution in [2.45, 2.75) is 104 Å². The first-order valence-electron chi connectivity index (χ1n) is 13.0. The van der Waals surface area contributed by atoms with Crippen LogP contribution >= 0.6 is 0 Å². The van der Waals surface area contributed by atoms with E-state index in [-0.39, 0.29) is 0 Å². The molecule has 5 rings (SSSR count). The van der Waals surface area contributed by atoms with Gasteiger partial charge in [-0.3, -0.25) is 0 Å². The van der Waals surface area contributed by atoms with Crippen LogP contribution in [0.3, 0.4) is 0 Å². The Labute approximate surface area is 179 Å². The summed E-state index contributed by atoms with van der Waals surface area (Å²) in [7, 11) is 0. The minimum atomic E-state index is 0.563. The van der Waals surface area contributed by atoms with Crippen LogP contribution in [0.2, 0.25) is 0 Å². The molecular weight excluding hydrogens is 354 g/mol. The van der Waals surface area contributed by atoms with Gasteiger partial charge in [0.25, 0.3) is 0 Å². The molecule has 0 radical (unpaired) electrons. The standard InChI is InChI=1S/C27H45NO/c1-18-17-22-24-11-8-20(13-16-29-19(2)28-21-9-10-21)26(24,3)15-12-25(22)27(4)14-6-5-7-23(18)27/h18,20-25,28H,2,5-17H2,1,3-4H3/t18-,20?,22?,23?,24?,25-,26?,27?/m0/s1. The van der Waals surface area contributed by atoms with E-state index < -0.39 is 0 Å². The van der Waals surface area contributed by atoms with Gasteiger partial charge < -0.3 is 10.1 Å². The fraction of sp³-hybridized carbons (Fsp3) is 0.926. The molecule has 5 fully saturated rings. The molecule has 0 aromatic rings. The molecule has 6 unspecified atom stereocenters. The van der Waals surface area contributed by atoms with Crippen LogP contribution in [-0.2, 0) is 4.74 Å². The van der Waals surface area contributed by atoms with E-state index in [0.717, 1.165) is 48.0 Å². The molecule has 0 heterocycles. The molecule has 0 amide bonds. The smallest absolute Gasteiger partial charge is 0.179 e. The van der Waals surface area contributed by atoms with Crippen LogP contribution in [0.5, 0.6) is 0 Å². The number of fused-ring (bicyclic) bond motifs is 5. The maximum absolute atomic E-state index is 5.98. The Morgan fingerprint density at radius 1 is 0.931 bits per heavy atom. The first kappa shape index (κ1) is 20.3. The second-order valence-electron chi connectivity index (χ2n) is 12.2. The second kappa shape index (κ2) is 7.49. The van der Waals surface area contributed by atoms with Gasteiger partial charge in [0.1, 0.15) is 0 Å². The molecule has 1 N–H and O–H groups in total. The number of nitrogens with one attached hydrogen (secondary N) is 1. The Morgan fingerprint density at radius 3 is 2.52 bits per heavy atom. The van der Waals surface area contributed by atoms with Crippen LogP contribution in [0.4, 0.5) is 0 Å². The van der Waals surface area contributed by atoms with Gasteiger partial charge >= 0.3 is 0 Å². The summed E-state index contributed by atoms with van der Waals surface area (Å²) in [5.74, 6) is 6.62. The number of hydrogen-bond donors (Lipinski definition) is 1. The summed E-state index contributed by atoms with van der Waals surface area (Å²) >= 11 is 0. The Bertz CT molecular complexity index is 626. The molecule has 0 bridgehead atoms. The first-order chi connectivity index (χ1) is 13.9. The molecule has 5 aliphatic carbocycles. The average molecular weight is 400 g/mol. The lowest BCUT2D eigenvalue weighted by Crippen LogP contribution is -2.55. The van der Waals surface area contributed by atoms with E-state index in [0.29, 0.717) is 16.9 Å². The van der Waals surface area contributed by atoms with E-state index in [9.17, 15) is 0 Å². The van der Waals surface area contributed by atoms with Gasteiger partial charge in [-0.25, -0.2) is 0 Å². The predicted molar refractivity (Wildman–Crippen MR) is 120 cm³/mol. The summed E-state index contributed by atoms with van der Waals surface area (Å²) in [6.07, 6.45) is 17.2. The third kappa shape index (κ3) is 3.45. The van der Waals surface area contributed by atoms with Crippen molar-refractivity contribution in [2.75, 3.05) is 6.61 Å².